The molecule has 1 aromatic carbocycles. The Bertz CT molecular complexity index is 503. The Hall–Kier alpha value is -2.07. The van der Waals surface area contributed by atoms with Crippen LogP contribution in [-0.2, 0) is 0 Å². The molecule has 0 bridgehead atoms. The molecule has 4 heteroatoms. The summed E-state index contributed by atoms with van der Waals surface area (Å²) >= 11 is 0. The lowest BCUT2D eigenvalue weighted by Crippen LogP contribution is -2.08. The second-order valence-electron chi connectivity index (χ2n) is 4.71. The number of rotatable bonds is 4. The topological polar surface area (TPSA) is 51.4 Å². The quantitative estimate of drug-likeness (QED) is 0.915. The van der Waals surface area contributed by atoms with Gasteiger partial charge in [-0.1, -0.05) is 6.07 Å². The zero-order valence-corrected chi connectivity index (χ0v) is 11.5. The lowest BCUT2D eigenvalue weighted by atomic mass is 10.1. The Kier molecular flexibility index (Phi) is 4.02. The molecule has 0 aliphatic rings. The lowest BCUT2D eigenvalue weighted by Gasteiger charge is -2.14. The van der Waals surface area contributed by atoms with Gasteiger partial charge >= 0.3 is 0 Å². The highest BCUT2D eigenvalue weighted by Crippen LogP contribution is 2.25. The van der Waals surface area contributed by atoms with Crippen molar-refractivity contribution in [3.05, 3.63) is 48.2 Å². The summed E-state index contributed by atoms with van der Waals surface area (Å²) < 4.78 is 5.77. The van der Waals surface area contributed by atoms with E-state index < -0.39 is 0 Å². The van der Waals surface area contributed by atoms with Gasteiger partial charge in [0.25, 0.3) is 0 Å². The average Bonchev–Trinajstić information content (AvgIpc) is 2.39. The second kappa shape index (κ2) is 5.71. The Balaban J connectivity index is 2.21. The SMILES string of the molecule is C[C@H](N)c1ccnc(Oc2cccc(N(C)C)c2)c1. The highest BCUT2D eigenvalue weighted by atomic mass is 16.5. The average molecular weight is 257 g/mol. The molecule has 1 aromatic heterocycles. The number of nitrogens with two attached hydrogens (primary N) is 1. The number of nitrogens with zero attached hydrogens (tertiary/aromatic N) is 2. The van der Waals surface area contributed by atoms with Gasteiger partial charge in [-0.15, -0.1) is 0 Å². The van der Waals surface area contributed by atoms with E-state index >= 15 is 0 Å². The summed E-state index contributed by atoms with van der Waals surface area (Å²) in [7, 11) is 3.99. The van der Waals surface area contributed by atoms with E-state index in [1.807, 2.05) is 62.3 Å². The standard InChI is InChI=1S/C15H19N3O/c1-11(16)12-7-8-17-15(9-12)19-14-6-4-5-13(10-14)18(2)3/h4-11H,16H2,1-3H3/t11-/m0/s1. The summed E-state index contributed by atoms with van der Waals surface area (Å²) in [5, 5.41) is 0. The van der Waals surface area contributed by atoms with E-state index in [4.69, 9.17) is 10.5 Å². The minimum absolute atomic E-state index is 0.0292. The van der Waals surface area contributed by atoms with Crippen LogP contribution in [0.4, 0.5) is 5.69 Å². The molecule has 1 atom stereocenters. The number of ether oxygens (including phenoxy) is 1. The van der Waals surface area contributed by atoms with Crippen molar-refractivity contribution in [2.75, 3.05) is 19.0 Å². The van der Waals surface area contributed by atoms with Crippen LogP contribution in [0.2, 0.25) is 0 Å². The van der Waals surface area contributed by atoms with Crippen molar-refractivity contribution in [3.8, 4) is 11.6 Å². The third-order valence-electron chi connectivity index (χ3n) is 2.84. The molecule has 0 aliphatic heterocycles. The third-order valence-corrected chi connectivity index (χ3v) is 2.84. The Morgan fingerprint density at radius 3 is 2.68 bits per heavy atom. The first kappa shape index (κ1) is 13.4. The minimum Gasteiger partial charge on any atom is -0.439 e. The number of aromatic nitrogens is 1. The summed E-state index contributed by atoms with van der Waals surface area (Å²) in [5.74, 6) is 1.33. The highest BCUT2D eigenvalue weighted by Gasteiger charge is 2.04. The molecule has 0 radical (unpaired) electrons. The molecule has 2 rings (SSSR count). The largest absolute Gasteiger partial charge is 0.439 e. The van der Waals surface area contributed by atoms with Gasteiger partial charge in [0.05, 0.1) is 0 Å². The van der Waals surface area contributed by atoms with Crippen molar-refractivity contribution in [3.63, 3.8) is 0 Å². The first-order chi connectivity index (χ1) is 9.06. The van der Waals surface area contributed by atoms with Gasteiger partial charge in [-0.25, -0.2) is 4.98 Å². The molecule has 4 nitrogen and oxygen atoms in total. The number of benzene rings is 1. The van der Waals surface area contributed by atoms with Gasteiger partial charge in [-0.3, -0.25) is 0 Å². The van der Waals surface area contributed by atoms with Crippen molar-refractivity contribution in [2.24, 2.45) is 5.73 Å². The molecule has 0 unspecified atom stereocenters. The van der Waals surface area contributed by atoms with Crippen molar-refractivity contribution >= 4 is 5.69 Å². The van der Waals surface area contributed by atoms with Crippen LogP contribution in [0.1, 0.15) is 18.5 Å². The predicted octanol–water partition coefficient (Wildman–Crippen LogP) is 2.96. The van der Waals surface area contributed by atoms with E-state index in [0.29, 0.717) is 5.88 Å². The Morgan fingerprint density at radius 2 is 2.00 bits per heavy atom. The molecular formula is C15H19N3O. The molecule has 0 aliphatic carbocycles. The van der Waals surface area contributed by atoms with Crippen LogP contribution in [0.3, 0.4) is 0 Å². The smallest absolute Gasteiger partial charge is 0.219 e. The van der Waals surface area contributed by atoms with Crippen molar-refractivity contribution < 1.29 is 4.74 Å². The fourth-order valence-electron chi connectivity index (χ4n) is 1.71. The number of pyridine rings is 1. The van der Waals surface area contributed by atoms with Gasteiger partial charge in [0.1, 0.15) is 5.75 Å². The van der Waals surface area contributed by atoms with E-state index in [1.54, 1.807) is 6.20 Å². The molecule has 0 fully saturated rings. The molecule has 0 spiro atoms. The molecule has 0 saturated carbocycles. The summed E-state index contributed by atoms with van der Waals surface area (Å²) in [4.78, 5) is 6.23. The van der Waals surface area contributed by atoms with Gasteiger partial charge in [0.15, 0.2) is 0 Å². The normalized spacial score (nSPS) is 12.0. The van der Waals surface area contributed by atoms with E-state index in [9.17, 15) is 0 Å². The zero-order valence-electron chi connectivity index (χ0n) is 11.5. The monoisotopic (exact) mass is 257 g/mol. The van der Waals surface area contributed by atoms with Gasteiger partial charge < -0.3 is 15.4 Å². The minimum atomic E-state index is -0.0292. The maximum atomic E-state index is 5.85. The van der Waals surface area contributed by atoms with Crippen molar-refractivity contribution in [1.29, 1.82) is 0 Å². The van der Waals surface area contributed by atoms with Crippen LogP contribution >= 0.6 is 0 Å². The Morgan fingerprint density at radius 1 is 1.21 bits per heavy atom. The van der Waals surface area contributed by atoms with Gasteiger partial charge in [-0.2, -0.15) is 0 Å². The fraction of sp³-hybridized carbons (Fsp3) is 0.267. The maximum Gasteiger partial charge on any atom is 0.219 e. The summed E-state index contributed by atoms with van der Waals surface area (Å²) in [6.45, 7) is 1.94. The summed E-state index contributed by atoms with van der Waals surface area (Å²) in [6, 6.07) is 11.6. The highest BCUT2D eigenvalue weighted by molar-refractivity contribution is 5.50. The first-order valence-electron chi connectivity index (χ1n) is 6.23. The predicted molar refractivity (Wildman–Crippen MR) is 77.7 cm³/mol. The lowest BCUT2D eigenvalue weighted by molar-refractivity contribution is 0.461. The third kappa shape index (κ3) is 3.45. The molecule has 100 valence electrons. The van der Waals surface area contributed by atoms with Crippen LogP contribution in [0.15, 0.2) is 42.6 Å². The summed E-state index contributed by atoms with van der Waals surface area (Å²) in [5.41, 5.74) is 7.94. The van der Waals surface area contributed by atoms with E-state index in [-0.39, 0.29) is 6.04 Å². The second-order valence-corrected chi connectivity index (χ2v) is 4.71. The first-order valence-corrected chi connectivity index (χ1v) is 6.23. The number of anilines is 1. The van der Waals surface area contributed by atoms with Crippen LogP contribution in [0.25, 0.3) is 0 Å². The zero-order chi connectivity index (χ0) is 13.8. The van der Waals surface area contributed by atoms with Crippen LogP contribution < -0.4 is 15.4 Å². The molecule has 0 amide bonds. The van der Waals surface area contributed by atoms with E-state index in [0.717, 1.165) is 17.0 Å². The number of hydrogen-bond donors (Lipinski definition) is 1. The van der Waals surface area contributed by atoms with Crippen LogP contribution in [0, 0.1) is 0 Å². The molecule has 2 aromatic rings. The van der Waals surface area contributed by atoms with Crippen molar-refractivity contribution in [1.82, 2.24) is 4.98 Å². The van der Waals surface area contributed by atoms with E-state index in [2.05, 4.69) is 4.98 Å². The van der Waals surface area contributed by atoms with Gasteiger partial charge in [0, 0.05) is 44.2 Å². The fourth-order valence-corrected chi connectivity index (χ4v) is 1.71. The van der Waals surface area contributed by atoms with Crippen molar-refractivity contribution in [2.45, 2.75) is 13.0 Å². The molecular weight excluding hydrogens is 238 g/mol. The molecule has 0 saturated heterocycles. The van der Waals surface area contributed by atoms with Gasteiger partial charge in [0.2, 0.25) is 5.88 Å². The van der Waals surface area contributed by atoms with E-state index in [1.165, 1.54) is 0 Å². The van der Waals surface area contributed by atoms with Crippen LogP contribution in [-0.4, -0.2) is 19.1 Å². The molecule has 19 heavy (non-hydrogen) atoms. The summed E-state index contributed by atoms with van der Waals surface area (Å²) in [6.07, 6.45) is 1.71. The molecule has 2 N–H and O–H groups in total. The Labute approximate surface area is 113 Å². The number of hydrogen-bond acceptors (Lipinski definition) is 4. The molecule has 1 heterocycles. The van der Waals surface area contributed by atoms with Gasteiger partial charge in [-0.05, 0) is 30.7 Å². The van der Waals surface area contributed by atoms with Crippen LogP contribution in [0.5, 0.6) is 11.6 Å². The maximum absolute atomic E-state index is 5.85.